The van der Waals surface area contributed by atoms with Gasteiger partial charge in [0.1, 0.15) is 11.1 Å². The fraction of sp³-hybridized carbons (Fsp3) is 0.722. The van der Waals surface area contributed by atoms with Crippen LogP contribution in [0.25, 0.3) is 0 Å². The first kappa shape index (κ1) is 22.1. The van der Waals surface area contributed by atoms with E-state index in [2.05, 4.69) is 0 Å². The van der Waals surface area contributed by atoms with Crippen molar-refractivity contribution in [2.45, 2.75) is 51.7 Å². The Balaban J connectivity index is 2.15. The second-order valence-electron chi connectivity index (χ2n) is 6.67. The van der Waals surface area contributed by atoms with E-state index in [0.29, 0.717) is 31.0 Å². The second-order valence-corrected chi connectivity index (χ2v) is 9.00. The number of aliphatic hydroxyl groups is 1. The van der Waals surface area contributed by atoms with Gasteiger partial charge in [0.05, 0.1) is 18.1 Å². The first-order chi connectivity index (χ1) is 12.7. The largest absolute Gasteiger partial charge is 0.447 e. The average molecular weight is 417 g/mol. The normalized spacial score (nSPS) is 23.6. The molecular formula is C18H28N2O5S2. The van der Waals surface area contributed by atoms with E-state index in [1.165, 1.54) is 35.3 Å². The molecule has 2 amide bonds. The van der Waals surface area contributed by atoms with Gasteiger partial charge in [-0.1, -0.05) is 0 Å². The summed E-state index contributed by atoms with van der Waals surface area (Å²) in [6.07, 6.45) is 1.63. The molecule has 152 valence electrons. The highest BCUT2D eigenvalue weighted by Gasteiger charge is 2.57. The minimum Gasteiger partial charge on any atom is -0.447 e. The Bertz CT molecular complexity index is 637. The predicted molar refractivity (Wildman–Crippen MR) is 107 cm³/mol. The Kier molecular flexibility index (Phi) is 7.64. The van der Waals surface area contributed by atoms with Crippen LogP contribution in [0.5, 0.6) is 0 Å². The summed E-state index contributed by atoms with van der Waals surface area (Å²) in [4.78, 5) is 40.7. The topological polar surface area (TPSA) is 87.2 Å². The molecule has 27 heavy (non-hydrogen) atoms. The molecule has 1 fully saturated rings. The number of rotatable bonds is 9. The van der Waals surface area contributed by atoms with Gasteiger partial charge in [-0.3, -0.25) is 9.59 Å². The minimum absolute atomic E-state index is 0.0140. The summed E-state index contributed by atoms with van der Waals surface area (Å²) in [5.74, 6) is -0.564. The summed E-state index contributed by atoms with van der Waals surface area (Å²) in [5, 5.41) is 9.89. The summed E-state index contributed by atoms with van der Waals surface area (Å²) in [6, 6.07) is -0.192. The molecule has 0 spiro atoms. The van der Waals surface area contributed by atoms with E-state index in [-0.39, 0.29) is 23.3 Å². The third-order valence-corrected chi connectivity index (χ3v) is 6.81. The van der Waals surface area contributed by atoms with E-state index in [1.54, 1.807) is 18.7 Å². The van der Waals surface area contributed by atoms with E-state index >= 15 is 0 Å². The highest BCUT2D eigenvalue weighted by molar-refractivity contribution is 8.03. The van der Waals surface area contributed by atoms with Crippen LogP contribution >= 0.6 is 23.5 Å². The van der Waals surface area contributed by atoms with Gasteiger partial charge in [0.15, 0.2) is 0 Å². The predicted octanol–water partition coefficient (Wildman–Crippen LogP) is 1.66. The van der Waals surface area contributed by atoms with Crippen LogP contribution < -0.4 is 0 Å². The number of ether oxygens (including phenoxy) is 1. The first-order valence-corrected chi connectivity index (χ1v) is 11.4. The second kappa shape index (κ2) is 9.34. The lowest BCUT2D eigenvalue weighted by Gasteiger charge is -2.44. The van der Waals surface area contributed by atoms with Crippen LogP contribution in [0.3, 0.4) is 0 Å². The molecule has 2 heterocycles. The van der Waals surface area contributed by atoms with Crippen molar-refractivity contribution >= 4 is 41.3 Å². The molecule has 1 unspecified atom stereocenters. The highest BCUT2D eigenvalue weighted by Crippen LogP contribution is 2.47. The molecular weight excluding hydrogens is 388 g/mol. The number of hydrogen-bond donors (Lipinski definition) is 1. The quantitative estimate of drug-likeness (QED) is 0.347. The Morgan fingerprint density at radius 1 is 1.41 bits per heavy atom. The van der Waals surface area contributed by atoms with Crippen molar-refractivity contribution in [3.63, 3.8) is 0 Å². The van der Waals surface area contributed by atoms with Crippen LogP contribution in [0, 0.1) is 5.92 Å². The van der Waals surface area contributed by atoms with E-state index in [0.717, 1.165) is 4.91 Å². The Labute approximate surface area is 168 Å². The molecule has 0 aromatic heterocycles. The van der Waals surface area contributed by atoms with Crippen molar-refractivity contribution in [3.05, 3.63) is 10.6 Å². The maximum atomic E-state index is 12.7. The van der Waals surface area contributed by atoms with Crippen LogP contribution in [-0.2, 0) is 19.1 Å². The van der Waals surface area contributed by atoms with Gasteiger partial charge < -0.3 is 19.6 Å². The van der Waals surface area contributed by atoms with E-state index in [4.69, 9.17) is 4.74 Å². The molecule has 2 aliphatic rings. The molecule has 0 saturated carbocycles. The summed E-state index contributed by atoms with van der Waals surface area (Å²) in [6.45, 7) is 8.04. The summed E-state index contributed by atoms with van der Waals surface area (Å²) < 4.78 is 5.43. The smallest absolute Gasteiger partial charge is 0.356 e. The zero-order chi connectivity index (χ0) is 20.3. The molecule has 0 aromatic carbocycles. The van der Waals surface area contributed by atoms with Gasteiger partial charge in [0, 0.05) is 37.1 Å². The summed E-state index contributed by atoms with van der Waals surface area (Å²) in [5.41, 5.74) is -0.00814. The molecule has 0 radical (unpaired) electrons. The zero-order valence-corrected chi connectivity index (χ0v) is 18.1. The Morgan fingerprint density at radius 2 is 2.07 bits per heavy atom. The maximum absolute atomic E-state index is 12.7. The SMILES string of the molecule is CCN(CCSC1=C(C(=O)OC(C)SC)N2C(=O)[C@H]([C@@H](C)O)[C@H]2C1)C(C)=O. The Hall–Kier alpha value is -1.19. The monoisotopic (exact) mass is 416 g/mol. The number of amides is 2. The van der Waals surface area contributed by atoms with Gasteiger partial charge in [-0.05, 0) is 27.0 Å². The van der Waals surface area contributed by atoms with E-state index in [1.807, 2.05) is 13.2 Å². The molecule has 1 N–H and O–H groups in total. The van der Waals surface area contributed by atoms with Gasteiger partial charge in [-0.2, -0.15) is 0 Å². The van der Waals surface area contributed by atoms with Crippen molar-refractivity contribution in [1.29, 1.82) is 0 Å². The van der Waals surface area contributed by atoms with E-state index in [9.17, 15) is 19.5 Å². The van der Waals surface area contributed by atoms with Crippen molar-refractivity contribution < 1.29 is 24.2 Å². The lowest BCUT2D eigenvalue weighted by molar-refractivity contribution is -0.162. The number of hydrogen-bond acceptors (Lipinski definition) is 7. The van der Waals surface area contributed by atoms with Gasteiger partial charge in [-0.25, -0.2) is 4.79 Å². The standard InChI is InChI=1S/C18H28N2O5S2/c1-6-19(11(3)22)7-8-27-14-9-13-15(10(2)21)17(23)20(13)16(14)18(24)25-12(4)26-5/h10,12-13,15,21H,6-9H2,1-5H3/t10-,12?,13-,15-/m1/s1. The molecule has 0 aliphatic carbocycles. The zero-order valence-electron chi connectivity index (χ0n) is 16.4. The van der Waals surface area contributed by atoms with Gasteiger partial charge in [-0.15, -0.1) is 23.5 Å². The van der Waals surface area contributed by atoms with Crippen molar-refractivity contribution in [3.8, 4) is 0 Å². The Morgan fingerprint density at radius 3 is 2.59 bits per heavy atom. The van der Waals surface area contributed by atoms with Gasteiger partial charge >= 0.3 is 5.97 Å². The van der Waals surface area contributed by atoms with Crippen LogP contribution in [0.1, 0.15) is 34.1 Å². The fourth-order valence-corrected chi connectivity index (χ4v) is 4.77. The van der Waals surface area contributed by atoms with Crippen molar-refractivity contribution in [1.82, 2.24) is 9.80 Å². The molecule has 7 nitrogen and oxygen atoms in total. The maximum Gasteiger partial charge on any atom is 0.356 e. The number of esters is 1. The summed E-state index contributed by atoms with van der Waals surface area (Å²) in [7, 11) is 0. The number of β-lactam (4-membered cyclic amide) rings is 1. The summed E-state index contributed by atoms with van der Waals surface area (Å²) >= 11 is 2.89. The number of fused-ring (bicyclic) bond motifs is 1. The number of aliphatic hydroxyl groups excluding tert-OH is 1. The minimum atomic E-state index is -0.751. The van der Waals surface area contributed by atoms with Crippen LogP contribution in [0.4, 0.5) is 0 Å². The molecule has 9 heteroatoms. The molecule has 1 saturated heterocycles. The van der Waals surface area contributed by atoms with Crippen LogP contribution in [-0.4, -0.2) is 75.4 Å². The third kappa shape index (κ3) is 4.63. The number of carbonyl (C=O) groups excluding carboxylic acids is 3. The van der Waals surface area contributed by atoms with Gasteiger partial charge in [0.2, 0.25) is 11.8 Å². The van der Waals surface area contributed by atoms with Crippen molar-refractivity contribution in [2.75, 3.05) is 25.1 Å². The molecule has 2 aliphatic heterocycles. The molecule has 2 rings (SSSR count). The number of thioether (sulfide) groups is 2. The molecule has 0 aromatic rings. The van der Waals surface area contributed by atoms with Crippen LogP contribution in [0.2, 0.25) is 0 Å². The van der Waals surface area contributed by atoms with E-state index < -0.39 is 18.0 Å². The third-order valence-electron chi connectivity index (χ3n) is 4.95. The first-order valence-electron chi connectivity index (χ1n) is 9.09. The molecule has 0 bridgehead atoms. The lowest BCUT2D eigenvalue weighted by Crippen LogP contribution is -2.61. The fourth-order valence-electron chi connectivity index (χ4n) is 3.42. The lowest BCUT2D eigenvalue weighted by atomic mass is 9.83. The highest BCUT2D eigenvalue weighted by atomic mass is 32.2. The number of nitrogens with zero attached hydrogens (tertiary/aromatic N) is 2. The average Bonchev–Trinajstić information content (AvgIpc) is 2.92. The molecule has 4 atom stereocenters. The van der Waals surface area contributed by atoms with Crippen molar-refractivity contribution in [2.24, 2.45) is 5.92 Å². The van der Waals surface area contributed by atoms with Gasteiger partial charge in [0.25, 0.3) is 0 Å². The number of carbonyl (C=O) groups is 3. The van der Waals surface area contributed by atoms with Crippen LogP contribution in [0.15, 0.2) is 10.6 Å².